The lowest BCUT2D eigenvalue weighted by Gasteiger charge is -2.16. The molecule has 0 aromatic heterocycles. The first-order valence-electron chi connectivity index (χ1n) is 5.33. The summed E-state index contributed by atoms with van der Waals surface area (Å²) in [5.74, 6) is 1.72. The third kappa shape index (κ3) is 2.87. The van der Waals surface area contributed by atoms with Crippen LogP contribution in [0.3, 0.4) is 0 Å². The highest BCUT2D eigenvalue weighted by molar-refractivity contribution is 5.69. The first-order chi connectivity index (χ1) is 7.56. The molecule has 0 spiro atoms. The summed E-state index contributed by atoms with van der Waals surface area (Å²) < 4.78 is 0. The zero-order chi connectivity index (χ0) is 12.1. The molecule has 0 amide bonds. The monoisotopic (exact) mass is 216 g/mol. The molecule has 0 saturated carbocycles. The van der Waals surface area contributed by atoms with Gasteiger partial charge in [0.15, 0.2) is 0 Å². The van der Waals surface area contributed by atoms with E-state index in [0.717, 1.165) is 11.1 Å². The number of terminal acetylenes is 1. The summed E-state index contributed by atoms with van der Waals surface area (Å²) >= 11 is 0. The fourth-order valence-electron chi connectivity index (χ4n) is 1.79. The molecule has 0 bridgehead atoms. The Morgan fingerprint density at radius 1 is 1.38 bits per heavy atom. The first-order valence-corrected chi connectivity index (χ1v) is 5.33. The van der Waals surface area contributed by atoms with E-state index < -0.39 is 5.97 Å². The Morgan fingerprint density at radius 3 is 2.38 bits per heavy atom. The van der Waals surface area contributed by atoms with Gasteiger partial charge in [0.1, 0.15) is 0 Å². The average Bonchev–Trinajstić information content (AvgIpc) is 2.25. The predicted octanol–water partition coefficient (Wildman–Crippen LogP) is 3.00. The minimum absolute atomic E-state index is 0.0137. The van der Waals surface area contributed by atoms with Gasteiger partial charge < -0.3 is 5.11 Å². The van der Waals surface area contributed by atoms with E-state index in [1.165, 1.54) is 0 Å². The molecule has 0 aliphatic carbocycles. The van der Waals surface area contributed by atoms with Crippen molar-refractivity contribution in [2.24, 2.45) is 0 Å². The van der Waals surface area contributed by atoms with E-state index in [1.54, 1.807) is 0 Å². The molecule has 16 heavy (non-hydrogen) atoms. The molecular weight excluding hydrogens is 200 g/mol. The van der Waals surface area contributed by atoms with Gasteiger partial charge in [-0.15, -0.1) is 6.42 Å². The quantitative estimate of drug-likeness (QED) is 0.785. The van der Waals surface area contributed by atoms with Crippen LogP contribution in [0.5, 0.6) is 0 Å². The molecule has 84 valence electrons. The zero-order valence-corrected chi connectivity index (χ0v) is 9.60. The lowest BCUT2D eigenvalue weighted by molar-refractivity contribution is -0.137. The van der Waals surface area contributed by atoms with Gasteiger partial charge in [-0.2, -0.15) is 0 Å². The molecule has 1 aromatic carbocycles. The molecule has 0 radical (unpaired) electrons. The summed E-state index contributed by atoms with van der Waals surface area (Å²) in [4.78, 5) is 10.7. The van der Waals surface area contributed by atoms with E-state index in [4.69, 9.17) is 11.5 Å². The molecule has 1 aromatic rings. The number of aliphatic carboxylic acids is 1. The number of carbonyl (C=O) groups is 1. The minimum Gasteiger partial charge on any atom is -0.481 e. The Hall–Kier alpha value is -1.75. The molecule has 0 heterocycles. The van der Waals surface area contributed by atoms with Gasteiger partial charge in [-0.1, -0.05) is 44.0 Å². The van der Waals surface area contributed by atoms with Gasteiger partial charge >= 0.3 is 5.97 Å². The van der Waals surface area contributed by atoms with Crippen molar-refractivity contribution in [3.63, 3.8) is 0 Å². The van der Waals surface area contributed by atoms with Crippen LogP contribution in [0.15, 0.2) is 24.3 Å². The third-order valence-electron chi connectivity index (χ3n) is 2.57. The highest BCUT2D eigenvalue weighted by Gasteiger charge is 2.17. The van der Waals surface area contributed by atoms with Gasteiger partial charge in [-0.3, -0.25) is 4.79 Å². The Morgan fingerprint density at radius 2 is 1.94 bits per heavy atom. The molecule has 0 aliphatic heterocycles. The average molecular weight is 216 g/mol. The Labute approximate surface area is 96.3 Å². The fourth-order valence-corrected chi connectivity index (χ4v) is 1.79. The number of rotatable bonds is 4. The van der Waals surface area contributed by atoms with E-state index in [2.05, 4.69) is 19.8 Å². The van der Waals surface area contributed by atoms with Crippen molar-refractivity contribution >= 4 is 5.97 Å². The number of carboxylic acid groups (broad SMARTS) is 1. The highest BCUT2D eigenvalue weighted by Crippen LogP contribution is 2.27. The molecule has 2 nitrogen and oxygen atoms in total. The SMILES string of the molecule is C#C[C@H](CC(=O)O)c1ccccc1C(C)C. The lowest BCUT2D eigenvalue weighted by Crippen LogP contribution is -2.07. The lowest BCUT2D eigenvalue weighted by atomic mass is 9.87. The van der Waals surface area contributed by atoms with E-state index in [0.29, 0.717) is 5.92 Å². The normalized spacial score (nSPS) is 12.1. The van der Waals surface area contributed by atoms with Crippen molar-refractivity contribution < 1.29 is 9.90 Å². The van der Waals surface area contributed by atoms with Crippen LogP contribution in [0, 0.1) is 12.3 Å². The van der Waals surface area contributed by atoms with Gasteiger partial charge in [0.2, 0.25) is 0 Å². The maximum Gasteiger partial charge on any atom is 0.304 e. The Kier molecular flexibility index (Phi) is 4.13. The summed E-state index contributed by atoms with van der Waals surface area (Å²) in [6, 6.07) is 7.77. The van der Waals surface area contributed by atoms with Gasteiger partial charge in [0.05, 0.1) is 12.3 Å². The molecule has 0 saturated heterocycles. The standard InChI is InChI=1S/C14H16O2/c1-4-11(9-14(15)16)13-8-6-5-7-12(13)10(2)3/h1,5-8,10-11H,9H2,2-3H3,(H,15,16)/t11-/m1/s1. The summed E-state index contributed by atoms with van der Waals surface area (Å²) in [5, 5.41) is 8.81. The van der Waals surface area contributed by atoms with Crippen molar-refractivity contribution in [3.8, 4) is 12.3 Å². The molecule has 0 aliphatic rings. The van der Waals surface area contributed by atoms with E-state index in [1.807, 2.05) is 24.3 Å². The van der Waals surface area contributed by atoms with Gasteiger partial charge in [0.25, 0.3) is 0 Å². The smallest absolute Gasteiger partial charge is 0.304 e. The maximum atomic E-state index is 10.7. The molecule has 1 N–H and O–H groups in total. The molecule has 2 heteroatoms. The highest BCUT2D eigenvalue weighted by atomic mass is 16.4. The third-order valence-corrected chi connectivity index (χ3v) is 2.57. The molecule has 0 fully saturated rings. The second-order valence-electron chi connectivity index (χ2n) is 4.10. The molecule has 0 unspecified atom stereocenters. The largest absolute Gasteiger partial charge is 0.481 e. The summed E-state index contributed by atoms with van der Waals surface area (Å²) in [5.41, 5.74) is 2.09. The van der Waals surface area contributed by atoms with Crippen LogP contribution in [0.4, 0.5) is 0 Å². The van der Waals surface area contributed by atoms with Crippen molar-refractivity contribution in [1.29, 1.82) is 0 Å². The van der Waals surface area contributed by atoms with E-state index in [9.17, 15) is 4.79 Å². The molecule has 1 atom stereocenters. The zero-order valence-electron chi connectivity index (χ0n) is 9.60. The van der Waals surface area contributed by atoms with Crippen molar-refractivity contribution in [3.05, 3.63) is 35.4 Å². The number of benzene rings is 1. The second-order valence-corrected chi connectivity index (χ2v) is 4.10. The van der Waals surface area contributed by atoms with Crippen LogP contribution in [0.2, 0.25) is 0 Å². The maximum absolute atomic E-state index is 10.7. The minimum atomic E-state index is -0.860. The first kappa shape index (κ1) is 12.3. The Balaban J connectivity index is 3.10. The predicted molar refractivity (Wildman–Crippen MR) is 64.4 cm³/mol. The fraction of sp³-hybridized carbons (Fsp3) is 0.357. The van der Waals surface area contributed by atoms with Crippen LogP contribution in [-0.2, 0) is 4.79 Å². The van der Waals surface area contributed by atoms with Crippen LogP contribution in [0.1, 0.15) is 43.2 Å². The Bertz CT molecular complexity index is 413. The topological polar surface area (TPSA) is 37.3 Å². The summed E-state index contributed by atoms with van der Waals surface area (Å²) in [7, 11) is 0. The number of hydrogen-bond donors (Lipinski definition) is 1. The van der Waals surface area contributed by atoms with Crippen molar-refractivity contribution in [1.82, 2.24) is 0 Å². The van der Waals surface area contributed by atoms with Crippen LogP contribution >= 0.6 is 0 Å². The van der Waals surface area contributed by atoms with Crippen LogP contribution < -0.4 is 0 Å². The number of carboxylic acids is 1. The number of hydrogen-bond acceptors (Lipinski definition) is 1. The van der Waals surface area contributed by atoms with Gasteiger partial charge in [-0.05, 0) is 17.0 Å². The van der Waals surface area contributed by atoms with Crippen molar-refractivity contribution in [2.75, 3.05) is 0 Å². The van der Waals surface area contributed by atoms with Gasteiger partial charge in [-0.25, -0.2) is 0 Å². The second kappa shape index (κ2) is 5.37. The summed E-state index contributed by atoms with van der Waals surface area (Å²) in [6.07, 6.45) is 5.40. The van der Waals surface area contributed by atoms with Crippen LogP contribution in [-0.4, -0.2) is 11.1 Å². The van der Waals surface area contributed by atoms with Gasteiger partial charge in [0, 0.05) is 0 Å². The van der Waals surface area contributed by atoms with E-state index >= 15 is 0 Å². The van der Waals surface area contributed by atoms with Crippen LogP contribution in [0.25, 0.3) is 0 Å². The summed E-state index contributed by atoms with van der Waals surface area (Å²) in [6.45, 7) is 4.15. The van der Waals surface area contributed by atoms with E-state index in [-0.39, 0.29) is 12.3 Å². The molecular formula is C14H16O2. The molecule has 1 rings (SSSR count). The van der Waals surface area contributed by atoms with Crippen molar-refractivity contribution in [2.45, 2.75) is 32.1 Å².